The van der Waals surface area contributed by atoms with Crippen LogP contribution in [0.1, 0.15) is 11.1 Å². The topological polar surface area (TPSA) is 58.9 Å². The Balaban J connectivity index is 0.00000112. The lowest BCUT2D eigenvalue weighted by Crippen LogP contribution is -1.99. The summed E-state index contributed by atoms with van der Waals surface area (Å²) in [5.74, 6) is 0. The minimum atomic E-state index is 0. The summed E-state index contributed by atoms with van der Waals surface area (Å²) in [7, 11) is 0. The highest BCUT2D eigenvalue weighted by molar-refractivity contribution is 6.10. The summed E-state index contributed by atoms with van der Waals surface area (Å²) >= 11 is 0. The van der Waals surface area contributed by atoms with E-state index < -0.39 is 0 Å². The normalized spacial score (nSPS) is 8.50. The average Bonchev–Trinajstić information content (AvgIpc) is 2.30. The van der Waals surface area contributed by atoms with Crippen molar-refractivity contribution in [2.24, 2.45) is 0 Å². The lowest BCUT2D eigenvalue weighted by Gasteiger charge is -2.02. The lowest BCUT2D eigenvalue weighted by atomic mass is 10.0. The first kappa shape index (κ1) is 14.4. The van der Waals surface area contributed by atoms with Gasteiger partial charge in [-0.15, -0.1) is 12.4 Å². The fourth-order valence-electron chi connectivity index (χ4n) is 1.38. The van der Waals surface area contributed by atoms with Crippen LogP contribution in [0.4, 0.5) is 0 Å². The second kappa shape index (κ2) is 6.77. The molecule has 3 heteroatoms. The van der Waals surface area contributed by atoms with Crippen molar-refractivity contribution in [1.29, 1.82) is 5.41 Å². The maximum absolute atomic E-state index is 7.97. The summed E-state index contributed by atoms with van der Waals surface area (Å²) < 4.78 is 0. The van der Waals surface area contributed by atoms with E-state index in [9.17, 15) is 0 Å². The van der Waals surface area contributed by atoms with Gasteiger partial charge in [-0.2, -0.15) is 0 Å². The molecule has 0 fully saturated rings. The van der Waals surface area contributed by atoms with E-state index in [1.807, 2.05) is 60.7 Å². The third-order valence-corrected chi connectivity index (χ3v) is 2.12. The van der Waals surface area contributed by atoms with Crippen LogP contribution in [0.3, 0.4) is 0 Å². The Kier molecular flexibility index (Phi) is 6.08. The third kappa shape index (κ3) is 3.19. The molecule has 4 N–H and O–H groups in total. The zero-order valence-corrected chi connectivity index (χ0v) is 9.71. The van der Waals surface area contributed by atoms with E-state index in [1.165, 1.54) is 0 Å². The second-order valence-electron chi connectivity index (χ2n) is 3.11. The van der Waals surface area contributed by atoms with Crippen LogP contribution < -0.4 is 6.15 Å². The SMILES string of the molecule is Cl.N.N=C(c1ccccc1)c1ccccc1. The minimum absolute atomic E-state index is 0. The zero-order valence-electron chi connectivity index (χ0n) is 8.89. The zero-order chi connectivity index (χ0) is 9.80. The summed E-state index contributed by atoms with van der Waals surface area (Å²) in [6.45, 7) is 0. The number of nitrogens with one attached hydrogen (secondary N) is 1. The maximum atomic E-state index is 7.97. The smallest absolute Gasteiger partial charge is 0.0684 e. The molecule has 0 atom stereocenters. The van der Waals surface area contributed by atoms with Crippen LogP contribution in [0.5, 0.6) is 0 Å². The van der Waals surface area contributed by atoms with E-state index in [4.69, 9.17) is 5.41 Å². The molecule has 0 aliphatic carbocycles. The van der Waals surface area contributed by atoms with Crippen molar-refractivity contribution in [2.75, 3.05) is 0 Å². The fourth-order valence-corrected chi connectivity index (χ4v) is 1.38. The van der Waals surface area contributed by atoms with Crippen molar-refractivity contribution in [3.05, 3.63) is 71.8 Å². The highest BCUT2D eigenvalue weighted by Gasteiger charge is 2.01. The quantitative estimate of drug-likeness (QED) is 0.765. The monoisotopic (exact) mass is 234 g/mol. The van der Waals surface area contributed by atoms with Gasteiger partial charge in [0.15, 0.2) is 0 Å². The Morgan fingerprint density at radius 2 is 1.00 bits per heavy atom. The van der Waals surface area contributed by atoms with Crippen molar-refractivity contribution in [2.45, 2.75) is 0 Å². The van der Waals surface area contributed by atoms with Gasteiger partial charge in [0.1, 0.15) is 0 Å². The molecular weight excluding hydrogens is 220 g/mol. The third-order valence-electron chi connectivity index (χ3n) is 2.12. The van der Waals surface area contributed by atoms with Gasteiger partial charge in [-0.05, 0) is 11.1 Å². The molecule has 0 radical (unpaired) electrons. The molecule has 2 rings (SSSR count). The van der Waals surface area contributed by atoms with E-state index in [2.05, 4.69) is 0 Å². The van der Waals surface area contributed by atoms with Gasteiger partial charge in [-0.25, -0.2) is 0 Å². The number of hydrogen-bond donors (Lipinski definition) is 2. The Morgan fingerprint density at radius 1 is 0.688 bits per heavy atom. The van der Waals surface area contributed by atoms with Crippen LogP contribution in [-0.4, -0.2) is 5.71 Å². The molecule has 2 aromatic rings. The van der Waals surface area contributed by atoms with Gasteiger partial charge < -0.3 is 6.15 Å². The van der Waals surface area contributed by atoms with Crippen LogP contribution in [-0.2, 0) is 0 Å². The summed E-state index contributed by atoms with van der Waals surface area (Å²) in [6, 6.07) is 19.5. The van der Waals surface area contributed by atoms with Crippen molar-refractivity contribution in [3.8, 4) is 0 Å². The maximum Gasteiger partial charge on any atom is 0.0684 e. The van der Waals surface area contributed by atoms with Gasteiger partial charge in [-0.3, -0.25) is 5.41 Å². The van der Waals surface area contributed by atoms with Crippen LogP contribution >= 0.6 is 12.4 Å². The largest absolute Gasteiger partial charge is 0.344 e. The first-order chi connectivity index (χ1) is 6.88. The van der Waals surface area contributed by atoms with E-state index in [1.54, 1.807) is 0 Å². The molecule has 84 valence electrons. The molecule has 0 heterocycles. The van der Waals surface area contributed by atoms with Gasteiger partial charge in [0, 0.05) is 0 Å². The van der Waals surface area contributed by atoms with Crippen molar-refractivity contribution < 1.29 is 0 Å². The molecule has 0 saturated heterocycles. The molecular formula is C13H15ClN2. The first-order valence-corrected chi connectivity index (χ1v) is 4.57. The highest BCUT2D eigenvalue weighted by Crippen LogP contribution is 2.08. The van der Waals surface area contributed by atoms with E-state index in [0.29, 0.717) is 5.71 Å². The summed E-state index contributed by atoms with van der Waals surface area (Å²) in [6.07, 6.45) is 0. The molecule has 2 nitrogen and oxygen atoms in total. The minimum Gasteiger partial charge on any atom is -0.344 e. The van der Waals surface area contributed by atoms with Crippen molar-refractivity contribution in [3.63, 3.8) is 0 Å². The standard InChI is InChI=1S/C13H11N.ClH.H3N/c14-13(11-7-3-1-4-8-11)12-9-5-2-6-10-12;;/h1-10,14H;1H;1H3. The molecule has 0 unspecified atom stereocenters. The van der Waals surface area contributed by atoms with Crippen molar-refractivity contribution >= 4 is 18.1 Å². The van der Waals surface area contributed by atoms with Crippen molar-refractivity contribution in [1.82, 2.24) is 6.15 Å². The Hall–Kier alpha value is -1.64. The Labute approximate surface area is 102 Å². The molecule has 0 amide bonds. The molecule has 0 spiro atoms. The van der Waals surface area contributed by atoms with E-state index in [-0.39, 0.29) is 18.6 Å². The molecule has 16 heavy (non-hydrogen) atoms. The van der Waals surface area contributed by atoms with Crippen LogP contribution in [0, 0.1) is 5.41 Å². The Bertz CT molecular complexity index is 385. The second-order valence-corrected chi connectivity index (χ2v) is 3.11. The lowest BCUT2D eigenvalue weighted by molar-refractivity contribution is 1.46. The molecule has 0 aromatic heterocycles. The molecule has 0 bridgehead atoms. The number of hydrogen-bond acceptors (Lipinski definition) is 2. The molecule has 0 saturated carbocycles. The number of halogens is 1. The van der Waals surface area contributed by atoms with Gasteiger partial charge in [0.2, 0.25) is 0 Å². The predicted octanol–water partition coefficient (Wildman–Crippen LogP) is 3.69. The highest BCUT2D eigenvalue weighted by atomic mass is 35.5. The van der Waals surface area contributed by atoms with E-state index >= 15 is 0 Å². The number of rotatable bonds is 2. The van der Waals surface area contributed by atoms with Gasteiger partial charge in [0.05, 0.1) is 5.71 Å². The summed E-state index contributed by atoms with van der Waals surface area (Å²) in [5, 5.41) is 7.97. The molecule has 0 aliphatic rings. The number of benzene rings is 2. The van der Waals surface area contributed by atoms with Crippen LogP contribution in [0.15, 0.2) is 60.7 Å². The predicted molar refractivity (Wildman–Crippen MR) is 71.1 cm³/mol. The summed E-state index contributed by atoms with van der Waals surface area (Å²) in [4.78, 5) is 0. The molecule has 0 aliphatic heterocycles. The van der Waals surface area contributed by atoms with Crippen LogP contribution in [0.2, 0.25) is 0 Å². The van der Waals surface area contributed by atoms with Gasteiger partial charge in [-0.1, -0.05) is 60.7 Å². The summed E-state index contributed by atoms with van der Waals surface area (Å²) in [5.41, 5.74) is 2.49. The first-order valence-electron chi connectivity index (χ1n) is 4.57. The fraction of sp³-hybridized carbons (Fsp3) is 0. The Morgan fingerprint density at radius 3 is 1.31 bits per heavy atom. The van der Waals surface area contributed by atoms with E-state index in [0.717, 1.165) is 11.1 Å². The average molecular weight is 235 g/mol. The molecule has 2 aromatic carbocycles. The van der Waals surface area contributed by atoms with Gasteiger partial charge in [0.25, 0.3) is 0 Å². The van der Waals surface area contributed by atoms with Gasteiger partial charge >= 0.3 is 0 Å². The van der Waals surface area contributed by atoms with Crippen LogP contribution in [0.25, 0.3) is 0 Å².